The van der Waals surface area contributed by atoms with Crippen molar-refractivity contribution in [3.8, 4) is 5.75 Å². The van der Waals surface area contributed by atoms with Gasteiger partial charge < -0.3 is 4.74 Å². The Morgan fingerprint density at radius 3 is 2.44 bits per heavy atom. The second-order valence-electron chi connectivity index (χ2n) is 4.35. The standard InChI is InChI=1S/C16H16O2/c1-12-8-9-16(13(2)10-12)18-11-15(17)14-6-4-3-5-7-14/h3-10H,11H2,1-2H3. The number of carbonyl (C=O) groups excluding carboxylic acids is 1. The topological polar surface area (TPSA) is 26.3 Å². The van der Waals surface area contributed by atoms with E-state index in [0.29, 0.717) is 5.56 Å². The van der Waals surface area contributed by atoms with E-state index in [4.69, 9.17) is 4.74 Å². The molecule has 0 bridgehead atoms. The summed E-state index contributed by atoms with van der Waals surface area (Å²) in [6.45, 7) is 4.09. The second kappa shape index (κ2) is 5.50. The van der Waals surface area contributed by atoms with Gasteiger partial charge >= 0.3 is 0 Å². The first-order valence-electron chi connectivity index (χ1n) is 5.95. The van der Waals surface area contributed by atoms with Gasteiger partial charge in [-0.2, -0.15) is 0 Å². The SMILES string of the molecule is Cc1ccc(OCC(=O)c2ccccc2)c(C)c1. The molecule has 0 radical (unpaired) electrons. The number of ketones is 1. The Morgan fingerprint density at radius 2 is 1.78 bits per heavy atom. The summed E-state index contributed by atoms with van der Waals surface area (Å²) in [5.41, 5.74) is 2.92. The summed E-state index contributed by atoms with van der Waals surface area (Å²) in [6.07, 6.45) is 0. The van der Waals surface area contributed by atoms with Gasteiger partial charge in [0.15, 0.2) is 12.4 Å². The van der Waals surface area contributed by atoms with Crippen LogP contribution in [-0.4, -0.2) is 12.4 Å². The van der Waals surface area contributed by atoms with E-state index in [9.17, 15) is 4.79 Å². The van der Waals surface area contributed by atoms with Crippen molar-refractivity contribution < 1.29 is 9.53 Å². The highest BCUT2D eigenvalue weighted by atomic mass is 16.5. The molecule has 0 spiro atoms. The van der Waals surface area contributed by atoms with E-state index >= 15 is 0 Å². The zero-order valence-electron chi connectivity index (χ0n) is 10.6. The highest BCUT2D eigenvalue weighted by Crippen LogP contribution is 2.18. The van der Waals surface area contributed by atoms with Crippen molar-refractivity contribution in [2.75, 3.05) is 6.61 Å². The number of benzene rings is 2. The van der Waals surface area contributed by atoms with Gasteiger partial charge in [-0.15, -0.1) is 0 Å². The summed E-state index contributed by atoms with van der Waals surface area (Å²) >= 11 is 0. The normalized spacial score (nSPS) is 10.1. The quantitative estimate of drug-likeness (QED) is 0.764. The van der Waals surface area contributed by atoms with E-state index in [-0.39, 0.29) is 12.4 Å². The third-order valence-electron chi connectivity index (χ3n) is 2.78. The fourth-order valence-electron chi connectivity index (χ4n) is 1.81. The summed E-state index contributed by atoms with van der Waals surface area (Å²) in [4.78, 5) is 11.9. The number of aryl methyl sites for hydroxylation is 2. The van der Waals surface area contributed by atoms with Crippen LogP contribution in [0.2, 0.25) is 0 Å². The Labute approximate surface area is 107 Å². The van der Waals surface area contributed by atoms with Gasteiger partial charge in [0.2, 0.25) is 0 Å². The van der Waals surface area contributed by atoms with Crippen molar-refractivity contribution in [3.63, 3.8) is 0 Å². The van der Waals surface area contributed by atoms with Crippen LogP contribution in [0.5, 0.6) is 5.75 Å². The summed E-state index contributed by atoms with van der Waals surface area (Å²) in [7, 11) is 0. The fraction of sp³-hybridized carbons (Fsp3) is 0.188. The molecular weight excluding hydrogens is 224 g/mol. The van der Waals surface area contributed by atoms with Crippen LogP contribution in [0.25, 0.3) is 0 Å². The molecule has 2 rings (SSSR count). The van der Waals surface area contributed by atoms with Gasteiger partial charge in [0.05, 0.1) is 0 Å². The third kappa shape index (κ3) is 2.98. The zero-order valence-corrected chi connectivity index (χ0v) is 10.6. The van der Waals surface area contributed by atoms with Crippen molar-refractivity contribution in [2.24, 2.45) is 0 Å². The Morgan fingerprint density at radius 1 is 1.06 bits per heavy atom. The zero-order chi connectivity index (χ0) is 13.0. The molecule has 2 heteroatoms. The maximum absolute atomic E-state index is 11.9. The first-order chi connectivity index (χ1) is 8.66. The van der Waals surface area contributed by atoms with Crippen LogP contribution in [0.3, 0.4) is 0 Å². The van der Waals surface area contributed by atoms with Gasteiger partial charge in [-0.3, -0.25) is 4.79 Å². The van der Waals surface area contributed by atoms with Crippen molar-refractivity contribution in [1.82, 2.24) is 0 Å². The minimum Gasteiger partial charge on any atom is -0.485 e. The molecule has 2 nitrogen and oxygen atoms in total. The summed E-state index contributed by atoms with van der Waals surface area (Å²) in [6, 6.07) is 15.1. The molecule has 2 aromatic carbocycles. The smallest absolute Gasteiger partial charge is 0.200 e. The maximum Gasteiger partial charge on any atom is 0.200 e. The molecule has 18 heavy (non-hydrogen) atoms. The summed E-state index contributed by atoms with van der Waals surface area (Å²) in [5, 5.41) is 0. The van der Waals surface area contributed by atoms with E-state index in [0.717, 1.165) is 11.3 Å². The molecule has 0 heterocycles. The molecular formula is C16H16O2. The highest BCUT2D eigenvalue weighted by Gasteiger charge is 2.07. The monoisotopic (exact) mass is 240 g/mol. The van der Waals surface area contributed by atoms with Gasteiger partial charge in [-0.1, -0.05) is 48.0 Å². The predicted octanol–water partition coefficient (Wildman–Crippen LogP) is 3.57. The average Bonchev–Trinajstić information content (AvgIpc) is 2.38. The van der Waals surface area contributed by atoms with E-state index in [1.54, 1.807) is 12.1 Å². The van der Waals surface area contributed by atoms with Crippen molar-refractivity contribution in [3.05, 3.63) is 65.2 Å². The first kappa shape index (κ1) is 12.4. The second-order valence-corrected chi connectivity index (χ2v) is 4.35. The minimum atomic E-state index is -0.00410. The molecule has 0 aliphatic heterocycles. The van der Waals surface area contributed by atoms with Crippen LogP contribution < -0.4 is 4.74 Å². The molecule has 0 N–H and O–H groups in total. The van der Waals surface area contributed by atoms with Gasteiger partial charge in [-0.25, -0.2) is 0 Å². The van der Waals surface area contributed by atoms with Gasteiger partial charge in [0.1, 0.15) is 5.75 Å². The van der Waals surface area contributed by atoms with Crippen LogP contribution in [-0.2, 0) is 0 Å². The van der Waals surface area contributed by atoms with E-state index in [1.165, 1.54) is 5.56 Å². The molecule has 0 aliphatic rings. The minimum absolute atomic E-state index is 0.00410. The molecule has 0 atom stereocenters. The Bertz CT molecular complexity index is 544. The van der Waals surface area contributed by atoms with Crippen molar-refractivity contribution in [2.45, 2.75) is 13.8 Å². The van der Waals surface area contributed by atoms with Crippen LogP contribution >= 0.6 is 0 Å². The molecule has 0 saturated carbocycles. The lowest BCUT2D eigenvalue weighted by atomic mass is 10.1. The Kier molecular flexibility index (Phi) is 3.78. The van der Waals surface area contributed by atoms with Crippen molar-refractivity contribution in [1.29, 1.82) is 0 Å². The average molecular weight is 240 g/mol. The van der Waals surface area contributed by atoms with Crippen molar-refractivity contribution >= 4 is 5.78 Å². The van der Waals surface area contributed by atoms with Crippen LogP contribution in [0.1, 0.15) is 21.5 Å². The number of rotatable bonds is 4. The summed E-state index contributed by atoms with van der Waals surface area (Å²) in [5.74, 6) is 0.764. The number of ether oxygens (including phenoxy) is 1. The van der Waals surface area contributed by atoms with Crippen LogP contribution in [0.4, 0.5) is 0 Å². The maximum atomic E-state index is 11.9. The van der Waals surface area contributed by atoms with E-state index in [1.807, 2.05) is 50.2 Å². The lowest BCUT2D eigenvalue weighted by Gasteiger charge is -2.09. The molecule has 0 aromatic heterocycles. The highest BCUT2D eigenvalue weighted by molar-refractivity contribution is 5.97. The lowest BCUT2D eigenvalue weighted by Crippen LogP contribution is -2.11. The Balaban J connectivity index is 2.02. The van der Waals surface area contributed by atoms with Gasteiger partial charge in [-0.05, 0) is 25.5 Å². The van der Waals surface area contributed by atoms with Crippen LogP contribution in [0.15, 0.2) is 48.5 Å². The first-order valence-corrected chi connectivity index (χ1v) is 5.95. The lowest BCUT2D eigenvalue weighted by molar-refractivity contribution is 0.0921. The number of hydrogen-bond donors (Lipinski definition) is 0. The fourth-order valence-corrected chi connectivity index (χ4v) is 1.81. The molecule has 0 fully saturated rings. The van der Waals surface area contributed by atoms with E-state index < -0.39 is 0 Å². The molecule has 0 aliphatic carbocycles. The molecule has 92 valence electrons. The number of Topliss-reactive ketones (excluding diaryl/α,β-unsaturated/α-hetero) is 1. The third-order valence-corrected chi connectivity index (χ3v) is 2.78. The predicted molar refractivity (Wildman–Crippen MR) is 72.2 cm³/mol. The van der Waals surface area contributed by atoms with Gasteiger partial charge in [0, 0.05) is 5.56 Å². The number of hydrogen-bond acceptors (Lipinski definition) is 2. The number of carbonyl (C=O) groups is 1. The molecule has 0 amide bonds. The molecule has 2 aromatic rings. The van der Waals surface area contributed by atoms with E-state index in [2.05, 4.69) is 0 Å². The summed E-state index contributed by atoms with van der Waals surface area (Å²) < 4.78 is 5.56. The van der Waals surface area contributed by atoms with Crippen LogP contribution in [0, 0.1) is 13.8 Å². The largest absolute Gasteiger partial charge is 0.485 e. The van der Waals surface area contributed by atoms with Gasteiger partial charge in [0.25, 0.3) is 0 Å². The molecule has 0 saturated heterocycles. The Hall–Kier alpha value is -2.09. The molecule has 0 unspecified atom stereocenters.